The zero-order chi connectivity index (χ0) is 19.5. The lowest BCUT2D eigenvalue weighted by molar-refractivity contribution is 0.326. The molecule has 0 radical (unpaired) electrons. The molecule has 6 rings (SSSR count). The van der Waals surface area contributed by atoms with Gasteiger partial charge in [-0.3, -0.25) is 4.99 Å². The van der Waals surface area contributed by atoms with Crippen LogP contribution in [0.4, 0.5) is 0 Å². The van der Waals surface area contributed by atoms with E-state index in [2.05, 4.69) is 27.1 Å². The number of nitrogens with one attached hydrogen (secondary N) is 1. The lowest BCUT2D eigenvalue weighted by atomic mass is 9.92. The molecule has 6 heteroatoms. The third-order valence-corrected chi connectivity index (χ3v) is 5.59. The molecule has 2 aromatic heterocycles. The van der Waals surface area contributed by atoms with Gasteiger partial charge in [-0.25, -0.2) is 4.98 Å². The minimum Gasteiger partial charge on any atom is -0.506 e. The number of aliphatic hydroxyl groups excluding tert-OH is 1. The minimum absolute atomic E-state index is 0.0594. The van der Waals surface area contributed by atoms with Crippen LogP contribution in [0.1, 0.15) is 34.4 Å². The largest absolute Gasteiger partial charge is 0.506 e. The second-order valence-electron chi connectivity index (χ2n) is 7.29. The van der Waals surface area contributed by atoms with Crippen LogP contribution < -0.4 is 4.74 Å². The summed E-state index contributed by atoms with van der Waals surface area (Å²) in [6.07, 6.45) is 4.87. The summed E-state index contributed by atoms with van der Waals surface area (Å²) in [5, 5.41) is 11.7. The number of ether oxygens (including phenoxy) is 1. The summed E-state index contributed by atoms with van der Waals surface area (Å²) in [4.78, 5) is 12.0. The van der Waals surface area contributed by atoms with Crippen LogP contribution in [0.25, 0.3) is 27.8 Å². The molecular weight excluding hydrogens is 366 g/mol. The van der Waals surface area contributed by atoms with Gasteiger partial charge in [-0.15, -0.1) is 0 Å². The number of rotatable bonds is 0. The van der Waals surface area contributed by atoms with Crippen molar-refractivity contribution in [3.05, 3.63) is 77.3 Å². The molecule has 0 aliphatic carbocycles. The number of aromatic nitrogens is 2. The van der Waals surface area contributed by atoms with Crippen LogP contribution in [0, 0.1) is 6.92 Å². The van der Waals surface area contributed by atoms with Gasteiger partial charge >= 0.3 is 0 Å². The fourth-order valence-electron chi connectivity index (χ4n) is 4.34. The predicted octanol–water partition coefficient (Wildman–Crippen LogP) is 4.94. The monoisotopic (exact) mass is 383 g/mol. The third kappa shape index (κ3) is 2.29. The van der Waals surface area contributed by atoms with Gasteiger partial charge in [-0.1, -0.05) is 30.3 Å². The number of H-pyrrole nitrogens is 1. The van der Waals surface area contributed by atoms with E-state index < -0.39 is 0 Å². The summed E-state index contributed by atoms with van der Waals surface area (Å²) >= 11 is 0. The van der Waals surface area contributed by atoms with Gasteiger partial charge in [-0.2, -0.15) is 0 Å². The van der Waals surface area contributed by atoms with Gasteiger partial charge in [0.15, 0.2) is 5.89 Å². The van der Waals surface area contributed by atoms with E-state index in [4.69, 9.17) is 9.15 Å². The van der Waals surface area contributed by atoms with Crippen molar-refractivity contribution in [1.82, 2.24) is 9.97 Å². The Bertz CT molecular complexity index is 1340. The normalized spacial score (nSPS) is 18.9. The quantitative estimate of drug-likeness (QED) is 0.450. The number of para-hydroxylation sites is 1. The molecule has 2 aliphatic rings. The molecule has 142 valence electrons. The van der Waals surface area contributed by atoms with Crippen LogP contribution in [0.5, 0.6) is 5.75 Å². The Labute approximate surface area is 166 Å². The molecule has 0 saturated heterocycles. The van der Waals surface area contributed by atoms with E-state index in [1.54, 1.807) is 12.4 Å². The van der Waals surface area contributed by atoms with Gasteiger partial charge in [0, 0.05) is 40.7 Å². The molecule has 0 amide bonds. The lowest BCUT2D eigenvalue weighted by Gasteiger charge is -2.11. The van der Waals surface area contributed by atoms with Crippen molar-refractivity contribution < 1.29 is 14.3 Å². The van der Waals surface area contributed by atoms with E-state index in [-0.39, 0.29) is 11.7 Å². The molecule has 6 nitrogen and oxygen atoms in total. The van der Waals surface area contributed by atoms with Crippen LogP contribution in [0.3, 0.4) is 0 Å². The number of benzene rings is 2. The van der Waals surface area contributed by atoms with Crippen LogP contribution in [-0.4, -0.2) is 27.9 Å². The predicted molar refractivity (Wildman–Crippen MR) is 111 cm³/mol. The number of aromatic amines is 1. The first-order valence-corrected chi connectivity index (χ1v) is 9.47. The van der Waals surface area contributed by atoms with Crippen LogP contribution in [0.15, 0.2) is 58.2 Å². The maximum atomic E-state index is 10.7. The highest BCUT2D eigenvalue weighted by molar-refractivity contribution is 6.03. The second kappa shape index (κ2) is 5.85. The smallest absolute Gasteiger partial charge is 0.191 e. The molecule has 4 bridgehead atoms. The van der Waals surface area contributed by atoms with Gasteiger partial charge in [0.2, 0.25) is 0 Å². The number of aliphatic imine (C=N–C) groups is 1. The number of nitrogens with zero attached hydrogens (tertiary/aromatic N) is 2. The number of hydrogen-bond donors (Lipinski definition) is 2. The first kappa shape index (κ1) is 16.2. The molecular formula is C23H17N3O3. The molecule has 2 aliphatic heterocycles. The van der Waals surface area contributed by atoms with Crippen molar-refractivity contribution >= 4 is 22.9 Å². The molecule has 4 aromatic rings. The Morgan fingerprint density at radius 2 is 1.97 bits per heavy atom. The number of aryl methyl sites for hydroxylation is 1. The topological polar surface area (TPSA) is 83.6 Å². The fraction of sp³-hybridized carbons (Fsp3) is 0.130. The Morgan fingerprint density at radius 3 is 2.90 bits per heavy atom. The van der Waals surface area contributed by atoms with E-state index in [9.17, 15) is 5.11 Å². The maximum absolute atomic E-state index is 10.7. The van der Waals surface area contributed by atoms with Gasteiger partial charge in [0.25, 0.3) is 0 Å². The van der Waals surface area contributed by atoms with Crippen molar-refractivity contribution in [2.75, 3.05) is 6.61 Å². The number of hydrogen-bond acceptors (Lipinski definition) is 5. The van der Waals surface area contributed by atoms with Crippen molar-refractivity contribution in [2.45, 2.75) is 12.8 Å². The maximum Gasteiger partial charge on any atom is 0.191 e. The zero-order valence-corrected chi connectivity index (χ0v) is 15.6. The Hall–Kier alpha value is -3.80. The average Bonchev–Trinajstić information content (AvgIpc) is 3.43. The summed E-state index contributed by atoms with van der Waals surface area (Å²) in [6, 6.07) is 12.2. The molecule has 1 unspecified atom stereocenters. The molecule has 2 aromatic carbocycles. The van der Waals surface area contributed by atoms with Gasteiger partial charge in [0.1, 0.15) is 29.6 Å². The third-order valence-electron chi connectivity index (χ3n) is 5.59. The molecule has 2 N–H and O–H groups in total. The summed E-state index contributed by atoms with van der Waals surface area (Å²) in [5.41, 5.74) is 5.33. The average molecular weight is 383 g/mol. The van der Waals surface area contributed by atoms with E-state index in [0.29, 0.717) is 23.8 Å². The van der Waals surface area contributed by atoms with Crippen molar-refractivity contribution in [3.63, 3.8) is 0 Å². The molecule has 0 saturated carbocycles. The highest BCUT2D eigenvalue weighted by atomic mass is 16.5. The summed E-state index contributed by atoms with van der Waals surface area (Å²) in [7, 11) is 0. The summed E-state index contributed by atoms with van der Waals surface area (Å²) in [6.45, 7) is 2.30. The summed E-state index contributed by atoms with van der Waals surface area (Å²) in [5.74, 6) is 2.16. The second-order valence-corrected chi connectivity index (χ2v) is 7.29. The fourth-order valence-corrected chi connectivity index (χ4v) is 4.34. The number of fused-ring (bicyclic) bond motifs is 3. The molecule has 4 heterocycles. The zero-order valence-electron chi connectivity index (χ0n) is 15.6. The van der Waals surface area contributed by atoms with E-state index in [1.165, 1.54) is 6.20 Å². The number of oxazole rings is 1. The first-order chi connectivity index (χ1) is 14.2. The molecule has 29 heavy (non-hydrogen) atoms. The van der Waals surface area contributed by atoms with E-state index in [1.807, 2.05) is 31.2 Å². The Balaban J connectivity index is 1.73. The Morgan fingerprint density at radius 1 is 1.10 bits per heavy atom. The standard InChI is InChI=1S/C23H17N3O3/c1-12-26-19-9-24-10-20(27)16-8-25-18-7-3-4-13(21(16)18)14-5-2-6-15-17(23(19)29-12)11-28-22(14)15/h2-10,17,25,27H,11H2,1H3/b20-10-,24-9?. The van der Waals surface area contributed by atoms with E-state index in [0.717, 1.165) is 39.1 Å². The van der Waals surface area contributed by atoms with Crippen molar-refractivity contribution in [2.24, 2.45) is 4.99 Å². The van der Waals surface area contributed by atoms with Crippen molar-refractivity contribution in [1.29, 1.82) is 0 Å². The van der Waals surface area contributed by atoms with Crippen LogP contribution in [0.2, 0.25) is 0 Å². The Kier molecular flexibility index (Phi) is 3.26. The van der Waals surface area contributed by atoms with Crippen molar-refractivity contribution in [3.8, 4) is 16.9 Å². The van der Waals surface area contributed by atoms with E-state index >= 15 is 0 Å². The minimum atomic E-state index is -0.0594. The first-order valence-electron chi connectivity index (χ1n) is 9.47. The highest BCUT2D eigenvalue weighted by Gasteiger charge is 2.33. The molecule has 1 atom stereocenters. The molecule has 0 fully saturated rings. The van der Waals surface area contributed by atoms with Gasteiger partial charge in [-0.05, 0) is 11.6 Å². The van der Waals surface area contributed by atoms with Crippen LogP contribution in [-0.2, 0) is 0 Å². The van der Waals surface area contributed by atoms with Gasteiger partial charge in [0.05, 0.1) is 18.3 Å². The van der Waals surface area contributed by atoms with Crippen LogP contribution >= 0.6 is 0 Å². The lowest BCUT2D eigenvalue weighted by Crippen LogP contribution is -2.04. The van der Waals surface area contributed by atoms with Gasteiger partial charge < -0.3 is 19.2 Å². The highest BCUT2D eigenvalue weighted by Crippen LogP contribution is 2.47. The molecule has 0 spiro atoms. The summed E-state index contributed by atoms with van der Waals surface area (Å²) < 4.78 is 12.1. The SMILES string of the molecule is Cc1nc2c(o1)C1COc3c(cccc31)-c1cccc3[nH]cc(c13)/C(O)=C/N=C2. The number of aliphatic hydroxyl groups is 1.